The Morgan fingerprint density at radius 1 is 1.00 bits per heavy atom. The van der Waals surface area contributed by atoms with Gasteiger partial charge in [0.2, 0.25) is 0 Å². The fourth-order valence-electron chi connectivity index (χ4n) is 3.44. The minimum atomic E-state index is -1.01. The molecule has 2 nitrogen and oxygen atoms in total. The number of hydrogen-bond acceptors (Lipinski definition) is 2. The molecule has 1 aliphatic heterocycles. The first-order chi connectivity index (χ1) is 13.0. The highest BCUT2D eigenvalue weighted by molar-refractivity contribution is 5.66. The highest BCUT2D eigenvalue weighted by atomic mass is 19.2. The van der Waals surface area contributed by atoms with Crippen LogP contribution in [0.4, 0.5) is 13.2 Å². The summed E-state index contributed by atoms with van der Waals surface area (Å²) in [5.41, 5.74) is 1.10. The van der Waals surface area contributed by atoms with Crippen molar-refractivity contribution in [3.63, 3.8) is 0 Å². The van der Waals surface area contributed by atoms with Crippen molar-refractivity contribution in [3.05, 3.63) is 58.9 Å². The van der Waals surface area contributed by atoms with E-state index in [1.54, 1.807) is 12.1 Å². The highest BCUT2D eigenvalue weighted by Crippen LogP contribution is 2.35. The number of ether oxygens (including phenoxy) is 2. The summed E-state index contributed by atoms with van der Waals surface area (Å²) in [6, 6.07) is 7.60. The lowest BCUT2D eigenvalue weighted by molar-refractivity contribution is -0.167. The van der Waals surface area contributed by atoms with Crippen LogP contribution in [-0.4, -0.2) is 19.5 Å². The van der Waals surface area contributed by atoms with Crippen LogP contribution in [0.25, 0.3) is 11.1 Å². The summed E-state index contributed by atoms with van der Waals surface area (Å²) < 4.78 is 54.9. The average Bonchev–Trinajstić information content (AvgIpc) is 2.69. The molecule has 146 valence electrons. The molecule has 2 aromatic rings. The fourth-order valence-corrected chi connectivity index (χ4v) is 3.44. The van der Waals surface area contributed by atoms with Gasteiger partial charge in [-0.25, -0.2) is 13.2 Å². The Kier molecular flexibility index (Phi) is 6.55. The van der Waals surface area contributed by atoms with Gasteiger partial charge in [0.25, 0.3) is 0 Å². The second-order valence-electron chi connectivity index (χ2n) is 6.91. The number of halogens is 3. The number of rotatable bonds is 6. The zero-order valence-corrected chi connectivity index (χ0v) is 15.7. The largest absolute Gasteiger partial charge is 0.353 e. The maximum Gasteiger partial charge on any atom is 0.167 e. The predicted molar refractivity (Wildman–Crippen MR) is 99.1 cm³/mol. The third kappa shape index (κ3) is 4.36. The first kappa shape index (κ1) is 19.9. The molecule has 27 heavy (non-hydrogen) atoms. The molecular weight excluding hydrogens is 353 g/mol. The third-order valence-corrected chi connectivity index (χ3v) is 5.03. The van der Waals surface area contributed by atoms with Crippen molar-refractivity contribution < 1.29 is 22.6 Å². The summed E-state index contributed by atoms with van der Waals surface area (Å²) >= 11 is 0. The van der Waals surface area contributed by atoms with Crippen LogP contribution >= 0.6 is 0 Å². The van der Waals surface area contributed by atoms with Crippen molar-refractivity contribution in [2.45, 2.75) is 51.7 Å². The van der Waals surface area contributed by atoms with E-state index in [1.165, 1.54) is 18.2 Å². The lowest BCUT2D eigenvalue weighted by Gasteiger charge is -2.29. The number of hydrogen-bond donors (Lipinski definition) is 0. The average molecular weight is 378 g/mol. The molecule has 2 unspecified atom stereocenters. The monoisotopic (exact) mass is 378 g/mol. The number of aryl methyl sites for hydroxylation is 1. The van der Waals surface area contributed by atoms with Gasteiger partial charge in [-0.2, -0.15) is 0 Å². The van der Waals surface area contributed by atoms with Gasteiger partial charge in [0.1, 0.15) is 5.82 Å². The van der Waals surface area contributed by atoms with Crippen molar-refractivity contribution in [2.75, 3.05) is 13.2 Å². The molecule has 1 fully saturated rings. The van der Waals surface area contributed by atoms with E-state index in [1.807, 2.05) is 13.8 Å². The highest BCUT2D eigenvalue weighted by Gasteiger charge is 2.27. The van der Waals surface area contributed by atoms with Crippen LogP contribution in [0.5, 0.6) is 0 Å². The smallest absolute Gasteiger partial charge is 0.167 e. The standard InChI is InChI=1S/C22H25F3O2/c1-3-11-26-20-10-6-15(13-27-20)16-8-9-18(22(25)21(16)24)17-7-5-14(4-2)12-19(17)23/h5,7-9,12,15,20H,3-4,6,10-11,13H2,1-2H3. The molecule has 5 heteroatoms. The van der Waals surface area contributed by atoms with Gasteiger partial charge in [0, 0.05) is 23.7 Å². The molecule has 2 atom stereocenters. The van der Waals surface area contributed by atoms with E-state index in [-0.39, 0.29) is 35.5 Å². The van der Waals surface area contributed by atoms with Crippen molar-refractivity contribution in [2.24, 2.45) is 0 Å². The topological polar surface area (TPSA) is 18.5 Å². The molecule has 0 spiro atoms. The molecule has 0 aliphatic carbocycles. The van der Waals surface area contributed by atoms with Crippen molar-refractivity contribution >= 4 is 0 Å². The summed E-state index contributed by atoms with van der Waals surface area (Å²) in [5.74, 6) is -2.72. The van der Waals surface area contributed by atoms with Crippen molar-refractivity contribution in [1.82, 2.24) is 0 Å². The zero-order chi connectivity index (χ0) is 19.4. The molecule has 0 bridgehead atoms. The van der Waals surface area contributed by atoms with Crippen LogP contribution in [0.3, 0.4) is 0 Å². The van der Waals surface area contributed by atoms with E-state index >= 15 is 0 Å². The van der Waals surface area contributed by atoms with Gasteiger partial charge in [0.05, 0.1) is 6.61 Å². The Morgan fingerprint density at radius 3 is 2.41 bits per heavy atom. The third-order valence-electron chi connectivity index (χ3n) is 5.03. The maximum atomic E-state index is 14.7. The van der Waals surface area contributed by atoms with Crippen LogP contribution in [0.2, 0.25) is 0 Å². The Morgan fingerprint density at radius 2 is 1.78 bits per heavy atom. The maximum absolute atomic E-state index is 14.7. The van der Waals surface area contributed by atoms with Gasteiger partial charge < -0.3 is 9.47 Å². The summed E-state index contributed by atoms with van der Waals surface area (Å²) in [4.78, 5) is 0. The van der Waals surface area contributed by atoms with Gasteiger partial charge in [-0.15, -0.1) is 0 Å². The molecule has 0 aromatic heterocycles. The quantitative estimate of drug-likeness (QED) is 0.616. The van der Waals surface area contributed by atoms with E-state index in [2.05, 4.69) is 0 Å². The van der Waals surface area contributed by atoms with Gasteiger partial charge >= 0.3 is 0 Å². The van der Waals surface area contributed by atoms with Crippen LogP contribution in [0.1, 0.15) is 50.2 Å². The van der Waals surface area contributed by atoms with Crippen molar-refractivity contribution in [1.29, 1.82) is 0 Å². The molecule has 0 radical (unpaired) electrons. The second-order valence-corrected chi connectivity index (χ2v) is 6.91. The minimum Gasteiger partial charge on any atom is -0.353 e. The van der Waals surface area contributed by atoms with E-state index in [4.69, 9.17) is 9.47 Å². The van der Waals surface area contributed by atoms with E-state index in [0.29, 0.717) is 25.9 Å². The summed E-state index contributed by atoms with van der Waals surface area (Å²) in [6.45, 7) is 4.83. The molecule has 1 aliphatic rings. The molecule has 2 aromatic carbocycles. The normalized spacial score (nSPS) is 20.0. The molecule has 0 N–H and O–H groups in total. The molecule has 3 rings (SSSR count). The summed E-state index contributed by atoms with van der Waals surface area (Å²) in [6.07, 6.45) is 2.60. The summed E-state index contributed by atoms with van der Waals surface area (Å²) in [5, 5.41) is 0. The van der Waals surface area contributed by atoms with Crippen LogP contribution in [0, 0.1) is 17.5 Å². The van der Waals surface area contributed by atoms with Crippen LogP contribution < -0.4 is 0 Å². The first-order valence-corrected chi connectivity index (χ1v) is 9.55. The fraction of sp³-hybridized carbons (Fsp3) is 0.455. The lowest BCUT2D eigenvalue weighted by atomic mass is 9.90. The van der Waals surface area contributed by atoms with Gasteiger partial charge in [0.15, 0.2) is 17.9 Å². The summed E-state index contributed by atoms with van der Waals surface area (Å²) in [7, 11) is 0. The Labute approximate surface area is 158 Å². The van der Waals surface area contributed by atoms with Gasteiger partial charge in [-0.05, 0) is 42.9 Å². The molecule has 0 saturated carbocycles. The molecule has 1 heterocycles. The molecular formula is C22H25F3O2. The van der Waals surface area contributed by atoms with Crippen LogP contribution in [-0.2, 0) is 15.9 Å². The van der Waals surface area contributed by atoms with E-state index in [9.17, 15) is 13.2 Å². The minimum absolute atomic E-state index is 0.0581. The van der Waals surface area contributed by atoms with Crippen molar-refractivity contribution in [3.8, 4) is 11.1 Å². The lowest BCUT2D eigenvalue weighted by Crippen LogP contribution is -2.28. The van der Waals surface area contributed by atoms with Gasteiger partial charge in [-0.3, -0.25) is 0 Å². The second kappa shape index (κ2) is 8.89. The Balaban J connectivity index is 1.80. The SMILES string of the molecule is CCCOC1CCC(c2ccc(-c3ccc(CC)cc3F)c(F)c2F)CO1. The Hall–Kier alpha value is -1.85. The number of benzene rings is 2. The Bertz CT molecular complexity index is 783. The van der Waals surface area contributed by atoms with Crippen LogP contribution in [0.15, 0.2) is 30.3 Å². The molecule has 1 saturated heterocycles. The zero-order valence-electron chi connectivity index (χ0n) is 15.7. The van der Waals surface area contributed by atoms with E-state index < -0.39 is 17.5 Å². The van der Waals surface area contributed by atoms with E-state index in [0.717, 1.165) is 12.0 Å². The predicted octanol–water partition coefficient (Wildman–Crippen LogP) is 5.98. The molecule has 0 amide bonds. The first-order valence-electron chi connectivity index (χ1n) is 9.55. The van der Waals surface area contributed by atoms with Gasteiger partial charge in [-0.1, -0.05) is 38.1 Å².